The van der Waals surface area contributed by atoms with E-state index in [0.717, 1.165) is 28.3 Å². The van der Waals surface area contributed by atoms with Crippen LogP contribution in [0.15, 0.2) is 54.7 Å². The fourth-order valence-corrected chi connectivity index (χ4v) is 2.74. The maximum Gasteiger partial charge on any atom is 0.185 e. The van der Waals surface area contributed by atoms with Crippen molar-refractivity contribution in [2.75, 3.05) is 13.2 Å². The molecule has 1 aliphatic rings. The predicted molar refractivity (Wildman–Crippen MR) is 96.9 cm³/mol. The molecule has 0 unspecified atom stereocenters. The number of benzene rings is 1. The van der Waals surface area contributed by atoms with Crippen molar-refractivity contribution in [2.24, 2.45) is 5.92 Å². The number of pyridine rings is 1. The zero-order valence-electron chi connectivity index (χ0n) is 13.8. The van der Waals surface area contributed by atoms with Crippen molar-refractivity contribution in [3.05, 3.63) is 65.3 Å². The van der Waals surface area contributed by atoms with Gasteiger partial charge in [0.05, 0.1) is 18.9 Å². The van der Waals surface area contributed by atoms with E-state index in [1.807, 2.05) is 42.6 Å². The highest BCUT2D eigenvalue weighted by atomic mass is 35.5. The third-order valence-electron chi connectivity index (χ3n) is 3.99. The smallest absolute Gasteiger partial charge is 0.185 e. The molecule has 3 nitrogen and oxygen atoms in total. The van der Waals surface area contributed by atoms with Gasteiger partial charge in [-0.2, -0.15) is 0 Å². The van der Waals surface area contributed by atoms with Gasteiger partial charge in [-0.3, -0.25) is 4.98 Å². The number of aromatic nitrogens is 1. The Morgan fingerprint density at radius 1 is 1.12 bits per heavy atom. The lowest BCUT2D eigenvalue weighted by molar-refractivity contribution is -0.197. The van der Waals surface area contributed by atoms with E-state index in [2.05, 4.69) is 24.1 Å². The summed E-state index contributed by atoms with van der Waals surface area (Å²) in [6.07, 6.45) is 8.17. The summed E-state index contributed by atoms with van der Waals surface area (Å²) in [5.74, 6) is 0.342. The molecule has 0 atom stereocenters. The van der Waals surface area contributed by atoms with E-state index in [1.165, 1.54) is 6.42 Å². The first-order valence-corrected chi connectivity index (χ1v) is 8.76. The number of halogens is 1. The molecule has 24 heavy (non-hydrogen) atoms. The molecular formula is C20H22ClNO2. The Hall–Kier alpha value is -1.68. The Morgan fingerprint density at radius 2 is 1.88 bits per heavy atom. The molecule has 126 valence electrons. The molecule has 1 fully saturated rings. The average molecular weight is 344 g/mol. The molecule has 2 heterocycles. The first-order chi connectivity index (χ1) is 11.8. The van der Waals surface area contributed by atoms with Crippen LogP contribution in [-0.2, 0) is 9.47 Å². The van der Waals surface area contributed by atoms with E-state index in [-0.39, 0.29) is 6.29 Å². The van der Waals surface area contributed by atoms with Crippen LogP contribution >= 0.6 is 11.6 Å². The maximum absolute atomic E-state index is 5.92. The number of nitrogens with zero attached hydrogens (tertiary/aromatic N) is 1. The number of unbranched alkanes of at least 4 members (excludes halogenated alkanes) is 1. The molecule has 4 heteroatoms. The van der Waals surface area contributed by atoms with E-state index in [4.69, 9.17) is 21.1 Å². The average Bonchev–Trinajstić information content (AvgIpc) is 2.63. The monoisotopic (exact) mass is 343 g/mol. The van der Waals surface area contributed by atoms with Crippen molar-refractivity contribution in [1.82, 2.24) is 4.98 Å². The molecule has 0 aliphatic carbocycles. The maximum atomic E-state index is 5.92. The van der Waals surface area contributed by atoms with Gasteiger partial charge in [0.2, 0.25) is 0 Å². The van der Waals surface area contributed by atoms with Crippen molar-refractivity contribution >= 4 is 11.6 Å². The van der Waals surface area contributed by atoms with Crippen LogP contribution in [0.1, 0.15) is 31.6 Å². The van der Waals surface area contributed by atoms with Gasteiger partial charge < -0.3 is 9.47 Å². The molecule has 1 saturated heterocycles. The largest absolute Gasteiger partial charge is 0.348 e. The van der Waals surface area contributed by atoms with Gasteiger partial charge in [-0.15, -0.1) is 0 Å². The summed E-state index contributed by atoms with van der Waals surface area (Å²) in [5.41, 5.74) is 2.90. The molecular weight excluding hydrogens is 322 g/mol. The number of hydrogen-bond acceptors (Lipinski definition) is 3. The number of hydrogen-bond donors (Lipinski definition) is 0. The lowest BCUT2D eigenvalue weighted by atomic mass is 10.1. The molecule has 0 N–H and O–H groups in total. The quantitative estimate of drug-likeness (QED) is 0.679. The number of allylic oxidation sites excluding steroid dienone is 1. The van der Waals surface area contributed by atoms with E-state index >= 15 is 0 Å². The Balaban J connectivity index is 1.59. The van der Waals surface area contributed by atoms with Crippen LogP contribution < -0.4 is 0 Å². The van der Waals surface area contributed by atoms with Gasteiger partial charge in [-0.25, -0.2) is 0 Å². The fourth-order valence-electron chi connectivity index (χ4n) is 2.61. The van der Waals surface area contributed by atoms with Gasteiger partial charge >= 0.3 is 0 Å². The molecule has 3 rings (SSSR count). The van der Waals surface area contributed by atoms with Gasteiger partial charge in [0.1, 0.15) is 0 Å². The topological polar surface area (TPSA) is 31.4 Å². The third kappa shape index (κ3) is 4.44. The van der Waals surface area contributed by atoms with Crippen LogP contribution in [0.4, 0.5) is 0 Å². The normalized spacial score (nSPS) is 21.2. The second kappa shape index (κ2) is 8.43. The summed E-state index contributed by atoms with van der Waals surface area (Å²) >= 11 is 5.92. The van der Waals surface area contributed by atoms with Crippen molar-refractivity contribution in [2.45, 2.75) is 26.1 Å². The Kier molecular flexibility index (Phi) is 6.02. The highest BCUT2D eigenvalue weighted by molar-refractivity contribution is 6.30. The molecule has 0 amide bonds. The van der Waals surface area contributed by atoms with Crippen molar-refractivity contribution in [3.8, 4) is 11.3 Å². The minimum Gasteiger partial charge on any atom is -0.348 e. The molecule has 0 radical (unpaired) electrons. The molecule has 1 aromatic heterocycles. The molecule has 0 saturated carbocycles. The summed E-state index contributed by atoms with van der Waals surface area (Å²) in [6, 6.07) is 11.7. The SMILES string of the molecule is CCCC=CC1COC(c2ccc(-c3ccc(Cl)cc3)nc2)OC1. The predicted octanol–water partition coefficient (Wildman–Crippen LogP) is 5.42. The van der Waals surface area contributed by atoms with Gasteiger partial charge in [0.25, 0.3) is 0 Å². The Bertz CT molecular complexity index is 659. The van der Waals surface area contributed by atoms with Gasteiger partial charge in [-0.1, -0.05) is 55.3 Å². The molecule has 0 spiro atoms. The summed E-state index contributed by atoms with van der Waals surface area (Å²) in [4.78, 5) is 4.52. The van der Waals surface area contributed by atoms with Crippen LogP contribution in [0.5, 0.6) is 0 Å². The lowest BCUT2D eigenvalue weighted by Crippen LogP contribution is -2.25. The van der Waals surface area contributed by atoms with Crippen molar-refractivity contribution < 1.29 is 9.47 Å². The molecule has 0 bridgehead atoms. The number of rotatable bonds is 5. The Labute approximate surface area is 148 Å². The summed E-state index contributed by atoms with van der Waals surface area (Å²) in [6.45, 7) is 3.54. The van der Waals surface area contributed by atoms with Crippen LogP contribution in [0.2, 0.25) is 5.02 Å². The van der Waals surface area contributed by atoms with Crippen LogP contribution in [0.25, 0.3) is 11.3 Å². The second-order valence-corrected chi connectivity index (χ2v) is 6.40. The van der Waals surface area contributed by atoms with E-state index in [9.17, 15) is 0 Å². The zero-order chi connectivity index (χ0) is 16.8. The standard InChI is InChI=1S/C20H22ClNO2/c1-2-3-4-5-15-13-23-20(24-14-15)17-8-11-19(22-12-17)16-6-9-18(21)10-7-16/h4-12,15,20H,2-3,13-14H2,1H3. The van der Waals surface area contributed by atoms with Gasteiger partial charge in [0.15, 0.2) is 6.29 Å². The highest BCUT2D eigenvalue weighted by Crippen LogP contribution is 2.27. The van der Waals surface area contributed by atoms with Gasteiger partial charge in [-0.05, 0) is 24.6 Å². The van der Waals surface area contributed by atoms with Gasteiger partial charge in [0, 0.05) is 28.3 Å². The summed E-state index contributed by atoms with van der Waals surface area (Å²) in [7, 11) is 0. The van der Waals surface area contributed by atoms with Crippen LogP contribution in [0, 0.1) is 5.92 Å². The second-order valence-electron chi connectivity index (χ2n) is 5.96. The van der Waals surface area contributed by atoms with E-state index in [1.54, 1.807) is 0 Å². The first-order valence-electron chi connectivity index (χ1n) is 8.38. The molecule has 1 aliphatic heterocycles. The minimum atomic E-state index is -0.326. The molecule has 2 aromatic rings. The van der Waals surface area contributed by atoms with E-state index in [0.29, 0.717) is 19.1 Å². The lowest BCUT2D eigenvalue weighted by Gasteiger charge is -2.28. The van der Waals surface area contributed by atoms with Crippen LogP contribution in [-0.4, -0.2) is 18.2 Å². The summed E-state index contributed by atoms with van der Waals surface area (Å²) in [5, 5.41) is 0.724. The molecule has 1 aromatic carbocycles. The first kappa shape index (κ1) is 17.2. The summed E-state index contributed by atoms with van der Waals surface area (Å²) < 4.78 is 11.7. The zero-order valence-corrected chi connectivity index (χ0v) is 14.6. The van der Waals surface area contributed by atoms with Crippen molar-refractivity contribution in [3.63, 3.8) is 0 Å². The fraction of sp³-hybridized carbons (Fsp3) is 0.350. The number of ether oxygens (including phenoxy) is 2. The Morgan fingerprint density at radius 3 is 2.50 bits per heavy atom. The highest BCUT2D eigenvalue weighted by Gasteiger charge is 2.22. The van der Waals surface area contributed by atoms with Crippen molar-refractivity contribution in [1.29, 1.82) is 0 Å². The minimum absolute atomic E-state index is 0.326. The third-order valence-corrected chi connectivity index (χ3v) is 4.24. The van der Waals surface area contributed by atoms with Crippen LogP contribution in [0.3, 0.4) is 0 Å². The van der Waals surface area contributed by atoms with E-state index < -0.39 is 0 Å².